The Morgan fingerprint density at radius 3 is 2.50 bits per heavy atom. The summed E-state index contributed by atoms with van der Waals surface area (Å²) in [4.78, 5) is 8.61. The summed E-state index contributed by atoms with van der Waals surface area (Å²) in [5.74, 6) is 0. The molecule has 0 radical (unpaired) electrons. The molecule has 0 saturated carbocycles. The summed E-state index contributed by atoms with van der Waals surface area (Å²) in [7, 11) is 0. The maximum absolute atomic E-state index is 6.13. The van der Waals surface area contributed by atoms with Crippen LogP contribution in [0, 0.1) is 0 Å². The minimum absolute atomic E-state index is 0.586. The van der Waals surface area contributed by atoms with Crippen LogP contribution >= 0.6 is 23.2 Å². The largest absolute Gasteiger partial charge is 0.264 e. The molecule has 2 nitrogen and oxygen atoms in total. The molecule has 1 aromatic heterocycles. The molecule has 0 aliphatic rings. The first-order valence-corrected chi connectivity index (χ1v) is 6.82. The van der Waals surface area contributed by atoms with Crippen molar-refractivity contribution in [3.63, 3.8) is 0 Å². The number of pyridine rings is 1. The number of benzene rings is 2. The van der Waals surface area contributed by atoms with Crippen LogP contribution in [0.1, 0.15) is 5.56 Å². The van der Waals surface area contributed by atoms with Crippen LogP contribution in [0.4, 0.5) is 5.69 Å². The predicted molar refractivity (Wildman–Crippen MR) is 85.5 cm³/mol. The fourth-order valence-corrected chi connectivity index (χ4v) is 2.48. The average molecular weight is 301 g/mol. The van der Waals surface area contributed by atoms with Crippen molar-refractivity contribution in [2.45, 2.75) is 0 Å². The Bertz CT molecular complexity index is 772. The van der Waals surface area contributed by atoms with Gasteiger partial charge in [0, 0.05) is 34.9 Å². The van der Waals surface area contributed by atoms with Crippen molar-refractivity contribution in [2.75, 3.05) is 0 Å². The van der Waals surface area contributed by atoms with Gasteiger partial charge in [0.2, 0.25) is 0 Å². The molecule has 0 unspecified atom stereocenters. The van der Waals surface area contributed by atoms with Crippen LogP contribution in [0.2, 0.25) is 10.0 Å². The van der Waals surface area contributed by atoms with Crippen LogP contribution in [-0.4, -0.2) is 11.2 Å². The molecule has 0 saturated heterocycles. The topological polar surface area (TPSA) is 25.2 Å². The molecule has 3 aromatic rings. The van der Waals surface area contributed by atoms with Crippen molar-refractivity contribution in [2.24, 2.45) is 4.99 Å². The van der Waals surface area contributed by atoms with Gasteiger partial charge in [-0.2, -0.15) is 0 Å². The van der Waals surface area contributed by atoms with Gasteiger partial charge in [0.05, 0.1) is 15.7 Å². The Morgan fingerprint density at radius 1 is 0.950 bits per heavy atom. The fourth-order valence-electron chi connectivity index (χ4n) is 1.99. The Kier molecular flexibility index (Phi) is 3.68. The first-order valence-electron chi connectivity index (χ1n) is 6.06. The van der Waals surface area contributed by atoms with Gasteiger partial charge in [-0.3, -0.25) is 9.98 Å². The Balaban J connectivity index is 2.07. The number of rotatable bonds is 2. The average Bonchev–Trinajstić information content (AvgIpc) is 2.47. The third kappa shape index (κ3) is 2.53. The lowest BCUT2D eigenvalue weighted by Crippen LogP contribution is -1.85. The summed E-state index contributed by atoms with van der Waals surface area (Å²) in [5, 5.41) is 3.26. The summed E-state index contributed by atoms with van der Waals surface area (Å²) >= 11 is 12.3. The zero-order valence-electron chi connectivity index (χ0n) is 10.4. The predicted octanol–water partition coefficient (Wildman–Crippen LogP) is 5.29. The smallest absolute Gasteiger partial charge is 0.0709 e. The minimum atomic E-state index is 0.586. The second-order valence-electron chi connectivity index (χ2n) is 4.27. The van der Waals surface area contributed by atoms with Crippen molar-refractivity contribution in [3.05, 3.63) is 70.5 Å². The molecule has 0 bridgehead atoms. The Morgan fingerprint density at radius 2 is 1.70 bits per heavy atom. The number of aromatic nitrogens is 1. The minimum Gasteiger partial charge on any atom is -0.264 e. The monoisotopic (exact) mass is 300 g/mol. The number of hydrogen-bond donors (Lipinski definition) is 0. The Labute approximate surface area is 126 Å². The molecule has 0 spiro atoms. The molecule has 0 amide bonds. The van der Waals surface area contributed by atoms with Crippen LogP contribution in [0.5, 0.6) is 0 Å². The van der Waals surface area contributed by atoms with Gasteiger partial charge in [0.25, 0.3) is 0 Å². The first-order chi connectivity index (χ1) is 9.75. The molecule has 20 heavy (non-hydrogen) atoms. The van der Waals surface area contributed by atoms with E-state index in [2.05, 4.69) is 9.98 Å². The lowest BCUT2D eigenvalue weighted by molar-refractivity contribution is 1.36. The lowest BCUT2D eigenvalue weighted by Gasteiger charge is -2.02. The van der Waals surface area contributed by atoms with E-state index in [0.29, 0.717) is 10.0 Å². The van der Waals surface area contributed by atoms with E-state index < -0.39 is 0 Å². The van der Waals surface area contributed by atoms with Gasteiger partial charge in [-0.15, -0.1) is 0 Å². The van der Waals surface area contributed by atoms with Crippen molar-refractivity contribution in [1.82, 2.24) is 4.98 Å². The van der Waals surface area contributed by atoms with E-state index in [9.17, 15) is 0 Å². The summed E-state index contributed by atoms with van der Waals surface area (Å²) in [5.41, 5.74) is 1.59. The second kappa shape index (κ2) is 5.61. The summed E-state index contributed by atoms with van der Waals surface area (Å²) in [6.45, 7) is 0. The third-order valence-corrected chi connectivity index (χ3v) is 3.65. The van der Waals surface area contributed by atoms with Crippen molar-refractivity contribution in [3.8, 4) is 0 Å². The van der Waals surface area contributed by atoms with Gasteiger partial charge in [-0.05, 0) is 24.3 Å². The molecule has 2 aromatic carbocycles. The van der Waals surface area contributed by atoms with E-state index in [1.807, 2.05) is 36.5 Å². The summed E-state index contributed by atoms with van der Waals surface area (Å²) in [6.07, 6.45) is 5.26. The van der Waals surface area contributed by atoms with Crippen LogP contribution in [0.3, 0.4) is 0 Å². The Hall–Kier alpha value is -1.90. The van der Waals surface area contributed by atoms with E-state index in [4.69, 9.17) is 23.2 Å². The van der Waals surface area contributed by atoms with Gasteiger partial charge in [0.15, 0.2) is 0 Å². The SMILES string of the molecule is Clc1cccc(Cl)c1C=Nc1cccc2cnccc12. The number of fused-ring (bicyclic) bond motifs is 1. The number of nitrogens with zero attached hydrogens (tertiary/aromatic N) is 2. The zero-order valence-corrected chi connectivity index (χ0v) is 11.9. The highest BCUT2D eigenvalue weighted by Crippen LogP contribution is 2.27. The lowest BCUT2D eigenvalue weighted by atomic mass is 10.1. The van der Waals surface area contributed by atoms with Gasteiger partial charge in [-0.1, -0.05) is 41.4 Å². The van der Waals surface area contributed by atoms with E-state index >= 15 is 0 Å². The van der Waals surface area contributed by atoms with Crippen LogP contribution in [-0.2, 0) is 0 Å². The number of hydrogen-bond acceptors (Lipinski definition) is 2. The molecule has 1 heterocycles. The highest BCUT2D eigenvalue weighted by atomic mass is 35.5. The number of halogens is 2. The molecule has 0 atom stereocenters. The molecule has 0 aliphatic heterocycles. The zero-order chi connectivity index (χ0) is 13.9. The molecule has 3 rings (SSSR count). The summed E-state index contributed by atoms with van der Waals surface area (Å²) in [6, 6.07) is 13.2. The van der Waals surface area contributed by atoms with Crippen molar-refractivity contribution in [1.29, 1.82) is 0 Å². The molecular formula is C16H10Cl2N2. The normalized spacial score (nSPS) is 11.3. The fraction of sp³-hybridized carbons (Fsp3) is 0. The van der Waals surface area contributed by atoms with Crippen LogP contribution in [0.15, 0.2) is 59.9 Å². The van der Waals surface area contributed by atoms with Gasteiger partial charge in [-0.25, -0.2) is 0 Å². The first kappa shape index (κ1) is 13.1. The van der Waals surface area contributed by atoms with E-state index in [1.54, 1.807) is 24.5 Å². The van der Waals surface area contributed by atoms with Gasteiger partial charge >= 0.3 is 0 Å². The van der Waals surface area contributed by atoms with Crippen molar-refractivity contribution < 1.29 is 0 Å². The summed E-state index contributed by atoms with van der Waals surface area (Å²) < 4.78 is 0. The number of aliphatic imine (C=N–C) groups is 1. The molecule has 98 valence electrons. The second-order valence-corrected chi connectivity index (χ2v) is 5.08. The highest BCUT2D eigenvalue weighted by Gasteiger charge is 2.03. The molecule has 0 N–H and O–H groups in total. The van der Waals surface area contributed by atoms with E-state index in [0.717, 1.165) is 22.0 Å². The van der Waals surface area contributed by atoms with Crippen LogP contribution < -0.4 is 0 Å². The van der Waals surface area contributed by atoms with Crippen molar-refractivity contribution >= 4 is 45.9 Å². The molecule has 0 fully saturated rings. The van der Waals surface area contributed by atoms with Gasteiger partial charge < -0.3 is 0 Å². The standard InChI is InChI=1S/C16H10Cl2N2/c17-14-4-2-5-15(18)13(14)10-20-16-6-1-3-11-9-19-8-7-12(11)16/h1-10H. The van der Waals surface area contributed by atoms with Gasteiger partial charge in [0.1, 0.15) is 0 Å². The molecular weight excluding hydrogens is 291 g/mol. The maximum Gasteiger partial charge on any atom is 0.0709 e. The maximum atomic E-state index is 6.13. The van der Waals surface area contributed by atoms with E-state index in [1.165, 1.54) is 0 Å². The van der Waals surface area contributed by atoms with E-state index in [-0.39, 0.29) is 0 Å². The molecule has 4 heteroatoms. The highest BCUT2D eigenvalue weighted by molar-refractivity contribution is 6.38. The third-order valence-electron chi connectivity index (χ3n) is 2.99. The molecule has 0 aliphatic carbocycles. The quantitative estimate of drug-likeness (QED) is 0.590. The van der Waals surface area contributed by atoms with Crippen LogP contribution in [0.25, 0.3) is 10.8 Å².